The largest absolute Gasteiger partial charge is 0.350 e. The van der Waals surface area contributed by atoms with E-state index in [1.807, 2.05) is 6.07 Å². The molecule has 0 fully saturated rings. The van der Waals surface area contributed by atoms with Crippen LogP contribution in [0.25, 0.3) is 0 Å². The second-order valence-electron chi connectivity index (χ2n) is 4.50. The molecule has 0 aliphatic rings. The fraction of sp³-hybridized carbons (Fsp3) is 0.125. The SMILES string of the molecule is O=C(NCCNC(=O)c1cc(F)ccc1Br)c1ccccc1. The smallest absolute Gasteiger partial charge is 0.252 e. The van der Waals surface area contributed by atoms with Gasteiger partial charge in [0.25, 0.3) is 11.8 Å². The molecule has 4 nitrogen and oxygen atoms in total. The highest BCUT2D eigenvalue weighted by molar-refractivity contribution is 9.10. The van der Waals surface area contributed by atoms with Gasteiger partial charge in [0.2, 0.25) is 0 Å². The zero-order chi connectivity index (χ0) is 15.9. The van der Waals surface area contributed by atoms with Crippen molar-refractivity contribution in [1.82, 2.24) is 10.6 Å². The number of amides is 2. The molecule has 0 aromatic heterocycles. The molecule has 22 heavy (non-hydrogen) atoms. The van der Waals surface area contributed by atoms with E-state index >= 15 is 0 Å². The van der Waals surface area contributed by atoms with Gasteiger partial charge >= 0.3 is 0 Å². The lowest BCUT2D eigenvalue weighted by atomic mass is 10.2. The van der Waals surface area contributed by atoms with Gasteiger partial charge in [-0.15, -0.1) is 0 Å². The second kappa shape index (κ2) is 7.70. The Morgan fingerprint density at radius 2 is 1.59 bits per heavy atom. The first-order chi connectivity index (χ1) is 10.6. The molecule has 2 rings (SSSR count). The predicted octanol–water partition coefficient (Wildman–Crippen LogP) is 2.75. The number of hydrogen-bond acceptors (Lipinski definition) is 2. The summed E-state index contributed by atoms with van der Waals surface area (Å²) in [4.78, 5) is 23.7. The molecule has 2 amide bonds. The third kappa shape index (κ3) is 4.39. The number of carbonyl (C=O) groups is 2. The molecule has 0 spiro atoms. The standard InChI is InChI=1S/C16H14BrFN2O2/c17-14-7-6-12(18)10-13(14)16(22)20-9-8-19-15(21)11-4-2-1-3-5-11/h1-7,10H,8-9H2,(H,19,21)(H,20,22). The van der Waals surface area contributed by atoms with Crippen molar-refractivity contribution in [3.05, 3.63) is 69.9 Å². The Morgan fingerprint density at radius 3 is 2.27 bits per heavy atom. The van der Waals surface area contributed by atoms with Crippen LogP contribution < -0.4 is 10.6 Å². The number of halogens is 2. The summed E-state index contributed by atoms with van der Waals surface area (Å²) in [6.45, 7) is 0.534. The minimum atomic E-state index is -0.481. The average molecular weight is 365 g/mol. The molecular formula is C16H14BrFN2O2. The van der Waals surface area contributed by atoms with Crippen molar-refractivity contribution < 1.29 is 14.0 Å². The molecular weight excluding hydrogens is 351 g/mol. The normalized spacial score (nSPS) is 10.1. The van der Waals surface area contributed by atoms with Gasteiger partial charge in [-0.25, -0.2) is 4.39 Å². The minimum absolute atomic E-state index is 0.207. The molecule has 0 saturated carbocycles. The van der Waals surface area contributed by atoms with Crippen LogP contribution in [-0.4, -0.2) is 24.9 Å². The quantitative estimate of drug-likeness (QED) is 0.801. The van der Waals surface area contributed by atoms with Gasteiger partial charge in [0.1, 0.15) is 5.82 Å². The summed E-state index contributed by atoms with van der Waals surface area (Å²) in [5.74, 6) is -1.09. The highest BCUT2D eigenvalue weighted by atomic mass is 79.9. The van der Waals surface area contributed by atoms with Crippen LogP contribution in [0.2, 0.25) is 0 Å². The van der Waals surface area contributed by atoms with Crippen LogP contribution >= 0.6 is 15.9 Å². The van der Waals surface area contributed by atoms with Crippen molar-refractivity contribution in [3.8, 4) is 0 Å². The molecule has 0 saturated heterocycles. The van der Waals surface area contributed by atoms with Gasteiger partial charge in [0, 0.05) is 23.1 Å². The highest BCUT2D eigenvalue weighted by Gasteiger charge is 2.10. The van der Waals surface area contributed by atoms with Gasteiger partial charge in [-0.05, 0) is 46.3 Å². The van der Waals surface area contributed by atoms with E-state index in [0.29, 0.717) is 10.0 Å². The number of carbonyl (C=O) groups excluding carboxylic acids is 2. The molecule has 0 atom stereocenters. The summed E-state index contributed by atoms with van der Waals surface area (Å²) < 4.78 is 13.6. The van der Waals surface area contributed by atoms with Gasteiger partial charge in [0.15, 0.2) is 0 Å². The number of hydrogen-bond donors (Lipinski definition) is 2. The van der Waals surface area contributed by atoms with E-state index in [1.165, 1.54) is 12.1 Å². The van der Waals surface area contributed by atoms with E-state index in [9.17, 15) is 14.0 Å². The van der Waals surface area contributed by atoms with E-state index < -0.39 is 11.7 Å². The van der Waals surface area contributed by atoms with Gasteiger partial charge in [-0.2, -0.15) is 0 Å². The average Bonchev–Trinajstić information content (AvgIpc) is 2.54. The molecule has 0 aliphatic carbocycles. The van der Waals surface area contributed by atoms with E-state index in [-0.39, 0.29) is 24.6 Å². The Kier molecular flexibility index (Phi) is 5.66. The van der Waals surface area contributed by atoms with Crippen molar-refractivity contribution in [2.24, 2.45) is 0 Å². The Morgan fingerprint density at radius 1 is 0.955 bits per heavy atom. The number of nitrogens with one attached hydrogen (secondary N) is 2. The van der Waals surface area contributed by atoms with Crippen molar-refractivity contribution in [2.75, 3.05) is 13.1 Å². The fourth-order valence-electron chi connectivity index (χ4n) is 1.81. The molecule has 6 heteroatoms. The molecule has 0 radical (unpaired) electrons. The Bertz CT molecular complexity index is 677. The molecule has 0 unspecified atom stereocenters. The van der Waals surface area contributed by atoms with E-state index in [1.54, 1.807) is 24.3 Å². The van der Waals surface area contributed by atoms with E-state index in [0.717, 1.165) is 6.07 Å². The molecule has 114 valence electrons. The third-order valence-corrected chi connectivity index (χ3v) is 3.60. The monoisotopic (exact) mass is 364 g/mol. The lowest BCUT2D eigenvalue weighted by Crippen LogP contribution is -2.34. The summed E-state index contributed by atoms with van der Waals surface area (Å²) >= 11 is 3.20. The fourth-order valence-corrected chi connectivity index (χ4v) is 2.24. The van der Waals surface area contributed by atoms with Crippen molar-refractivity contribution in [3.63, 3.8) is 0 Å². The molecule has 2 aromatic carbocycles. The van der Waals surface area contributed by atoms with Crippen LogP contribution in [0.4, 0.5) is 4.39 Å². The lowest BCUT2D eigenvalue weighted by Gasteiger charge is -2.08. The highest BCUT2D eigenvalue weighted by Crippen LogP contribution is 2.17. The Hall–Kier alpha value is -2.21. The molecule has 0 aliphatic heterocycles. The minimum Gasteiger partial charge on any atom is -0.350 e. The molecule has 0 bridgehead atoms. The summed E-state index contributed by atoms with van der Waals surface area (Å²) in [5.41, 5.74) is 0.774. The van der Waals surface area contributed by atoms with Crippen LogP contribution in [-0.2, 0) is 0 Å². The first-order valence-corrected chi connectivity index (χ1v) is 7.44. The van der Waals surface area contributed by atoms with Crippen molar-refractivity contribution >= 4 is 27.7 Å². The summed E-state index contributed by atoms with van der Waals surface area (Å²) in [6.07, 6.45) is 0. The first-order valence-electron chi connectivity index (χ1n) is 6.64. The topological polar surface area (TPSA) is 58.2 Å². The van der Waals surface area contributed by atoms with E-state index in [2.05, 4.69) is 26.6 Å². The van der Waals surface area contributed by atoms with Crippen LogP contribution in [0.3, 0.4) is 0 Å². The van der Waals surface area contributed by atoms with Crippen LogP contribution in [0.15, 0.2) is 53.0 Å². The van der Waals surface area contributed by atoms with Crippen LogP contribution in [0.5, 0.6) is 0 Å². The van der Waals surface area contributed by atoms with Crippen LogP contribution in [0, 0.1) is 5.82 Å². The van der Waals surface area contributed by atoms with Gasteiger partial charge in [-0.3, -0.25) is 9.59 Å². The molecule has 0 heterocycles. The maximum atomic E-state index is 13.1. The zero-order valence-electron chi connectivity index (χ0n) is 11.6. The van der Waals surface area contributed by atoms with Gasteiger partial charge in [0.05, 0.1) is 5.56 Å². The molecule has 2 aromatic rings. The Labute approximate surface area is 135 Å². The number of benzene rings is 2. The first kappa shape index (κ1) is 16.2. The zero-order valence-corrected chi connectivity index (χ0v) is 13.2. The summed E-state index contributed by atoms with van der Waals surface area (Å²) in [5, 5.41) is 5.32. The van der Waals surface area contributed by atoms with Crippen LogP contribution in [0.1, 0.15) is 20.7 Å². The second-order valence-corrected chi connectivity index (χ2v) is 5.36. The lowest BCUT2D eigenvalue weighted by molar-refractivity contribution is 0.0927. The number of rotatable bonds is 5. The Balaban J connectivity index is 1.80. The maximum absolute atomic E-state index is 13.1. The maximum Gasteiger partial charge on any atom is 0.252 e. The summed E-state index contributed by atoms with van der Waals surface area (Å²) in [6, 6.07) is 12.7. The molecule has 2 N–H and O–H groups in total. The van der Waals surface area contributed by atoms with Crippen molar-refractivity contribution in [2.45, 2.75) is 0 Å². The van der Waals surface area contributed by atoms with Gasteiger partial charge < -0.3 is 10.6 Å². The van der Waals surface area contributed by atoms with E-state index in [4.69, 9.17) is 0 Å². The third-order valence-electron chi connectivity index (χ3n) is 2.91. The predicted molar refractivity (Wildman–Crippen MR) is 85.2 cm³/mol. The van der Waals surface area contributed by atoms with Gasteiger partial charge in [-0.1, -0.05) is 18.2 Å². The summed E-state index contributed by atoms with van der Waals surface area (Å²) in [7, 11) is 0. The van der Waals surface area contributed by atoms with Crippen molar-refractivity contribution in [1.29, 1.82) is 0 Å².